The fraction of sp³-hybridized carbons (Fsp3) is 0. The van der Waals surface area contributed by atoms with Gasteiger partial charge in [0.1, 0.15) is 10.1 Å². The van der Waals surface area contributed by atoms with Crippen molar-refractivity contribution in [1.82, 2.24) is 0 Å². The normalized spacial score (nSPS) is 10.5. The van der Waals surface area contributed by atoms with Crippen LogP contribution < -0.4 is 18.9 Å². The quantitative estimate of drug-likeness (QED) is 0.439. The maximum absolute atomic E-state index is 10.4. The molecule has 0 atom stereocenters. The summed E-state index contributed by atoms with van der Waals surface area (Å²) in [5, 5.41) is 0. The molecule has 0 bridgehead atoms. The molecule has 1 rings (SSSR count). The van der Waals surface area contributed by atoms with Gasteiger partial charge in [-0.25, -0.2) is 8.42 Å². The van der Waals surface area contributed by atoms with Crippen molar-refractivity contribution in [2.45, 2.75) is 4.90 Å². The van der Waals surface area contributed by atoms with Gasteiger partial charge in [0, 0.05) is 4.47 Å². The van der Waals surface area contributed by atoms with E-state index in [2.05, 4.69) is 15.9 Å². The van der Waals surface area contributed by atoms with Crippen molar-refractivity contribution in [2.75, 3.05) is 0 Å². The molecular weight excluding hydrogens is 239 g/mol. The summed E-state index contributed by atoms with van der Waals surface area (Å²) >= 11 is 3.12. The maximum Gasteiger partial charge on any atom is 1.00 e. The molecule has 0 radical (unpaired) electrons. The van der Waals surface area contributed by atoms with Crippen molar-refractivity contribution in [1.29, 1.82) is 0 Å². The Balaban J connectivity index is 0.00000121. The molecule has 0 saturated heterocycles. The molecule has 0 aliphatic rings. The van der Waals surface area contributed by atoms with Crippen LogP contribution in [0.4, 0.5) is 0 Å². The van der Waals surface area contributed by atoms with Gasteiger partial charge in [-0.05, 0) is 24.3 Å². The van der Waals surface area contributed by atoms with Crippen LogP contribution in [0.5, 0.6) is 0 Å². The number of rotatable bonds is 1. The van der Waals surface area contributed by atoms with Crippen molar-refractivity contribution in [3.05, 3.63) is 28.7 Å². The van der Waals surface area contributed by atoms with Gasteiger partial charge >= 0.3 is 18.9 Å². The Morgan fingerprint density at radius 3 is 1.92 bits per heavy atom. The van der Waals surface area contributed by atoms with E-state index < -0.39 is 10.1 Å². The van der Waals surface area contributed by atoms with Crippen molar-refractivity contribution >= 4 is 26.0 Å². The van der Waals surface area contributed by atoms with Crippen LogP contribution >= 0.6 is 15.9 Å². The zero-order chi connectivity index (χ0) is 8.48. The fourth-order valence-corrected chi connectivity index (χ4v) is 1.34. The minimum absolute atomic E-state index is 0. The molecule has 0 fully saturated rings. The van der Waals surface area contributed by atoms with Crippen molar-refractivity contribution in [2.24, 2.45) is 0 Å². The van der Waals surface area contributed by atoms with Gasteiger partial charge in [-0.15, -0.1) is 0 Å². The molecule has 6 heteroatoms. The third-order valence-electron chi connectivity index (χ3n) is 1.10. The molecule has 12 heavy (non-hydrogen) atoms. The second-order valence-corrected chi connectivity index (χ2v) is 4.20. The van der Waals surface area contributed by atoms with Crippen molar-refractivity contribution in [3.8, 4) is 0 Å². The third-order valence-corrected chi connectivity index (χ3v) is 2.48. The minimum atomic E-state index is -4.29. The largest absolute Gasteiger partial charge is 1.00 e. The first-order valence-corrected chi connectivity index (χ1v) is 4.92. The first kappa shape index (κ1) is 12.2. The summed E-state index contributed by atoms with van der Waals surface area (Å²) in [6.07, 6.45) is 0. The number of halogens is 1. The number of hydrogen-bond acceptors (Lipinski definition) is 3. The first-order chi connectivity index (χ1) is 5.00. The van der Waals surface area contributed by atoms with Gasteiger partial charge in [0.25, 0.3) is 0 Å². The molecule has 3 nitrogen and oxygen atoms in total. The molecule has 0 aliphatic carbocycles. The molecular formula is C6H4BrLiO3S. The van der Waals surface area contributed by atoms with E-state index in [-0.39, 0.29) is 23.8 Å². The maximum atomic E-state index is 10.4. The van der Waals surface area contributed by atoms with Crippen LogP contribution in [0.1, 0.15) is 0 Å². The van der Waals surface area contributed by atoms with E-state index in [0.29, 0.717) is 0 Å². The van der Waals surface area contributed by atoms with Crippen molar-refractivity contribution in [3.63, 3.8) is 0 Å². The Morgan fingerprint density at radius 1 is 1.17 bits per heavy atom. The van der Waals surface area contributed by atoms with Crippen LogP contribution in [0.2, 0.25) is 0 Å². The summed E-state index contributed by atoms with van der Waals surface area (Å²) in [5.41, 5.74) is 0. The Kier molecular flexibility index (Phi) is 4.52. The topological polar surface area (TPSA) is 57.2 Å². The molecule has 0 heterocycles. The predicted molar refractivity (Wildman–Crippen MR) is 42.1 cm³/mol. The molecule has 0 N–H and O–H groups in total. The van der Waals surface area contributed by atoms with Crippen LogP contribution in [-0.4, -0.2) is 13.0 Å². The molecule has 0 aliphatic heterocycles. The smallest absolute Gasteiger partial charge is 0.744 e. The minimum Gasteiger partial charge on any atom is -0.744 e. The summed E-state index contributed by atoms with van der Waals surface area (Å²) in [4.78, 5) is -0.208. The molecule has 0 saturated carbocycles. The molecule has 60 valence electrons. The van der Waals surface area contributed by atoms with Crippen LogP contribution in [0, 0.1) is 0 Å². The van der Waals surface area contributed by atoms with Crippen LogP contribution in [0.25, 0.3) is 0 Å². The standard InChI is InChI=1S/C6H5BrO3S.Li/c7-5-1-3-6(4-2-5)11(8,9)10;/h1-4H,(H,8,9,10);/q;+1/p-1. The van der Waals surface area contributed by atoms with Gasteiger partial charge in [-0.2, -0.15) is 0 Å². The number of benzene rings is 1. The van der Waals surface area contributed by atoms with Gasteiger partial charge in [-0.3, -0.25) is 0 Å². The van der Waals surface area contributed by atoms with Gasteiger partial charge < -0.3 is 4.55 Å². The SMILES string of the molecule is O=S(=O)([O-])c1ccc(Br)cc1.[Li+]. The molecule has 0 unspecified atom stereocenters. The van der Waals surface area contributed by atoms with Crippen LogP contribution in [0.15, 0.2) is 33.6 Å². The Hall–Kier alpha value is 0.207. The summed E-state index contributed by atoms with van der Waals surface area (Å²) < 4.78 is 31.9. The van der Waals surface area contributed by atoms with E-state index in [1.807, 2.05) is 0 Å². The monoisotopic (exact) mass is 242 g/mol. The third kappa shape index (κ3) is 3.29. The van der Waals surface area contributed by atoms with E-state index in [9.17, 15) is 13.0 Å². The zero-order valence-electron chi connectivity index (χ0n) is 6.32. The summed E-state index contributed by atoms with van der Waals surface area (Å²) in [7, 11) is -4.29. The van der Waals surface area contributed by atoms with Gasteiger partial charge in [0.2, 0.25) is 0 Å². The van der Waals surface area contributed by atoms with E-state index >= 15 is 0 Å². The summed E-state index contributed by atoms with van der Waals surface area (Å²) in [6.45, 7) is 0. The van der Waals surface area contributed by atoms with Crippen molar-refractivity contribution < 1.29 is 31.8 Å². The predicted octanol–water partition coefficient (Wildman–Crippen LogP) is -1.64. The average molecular weight is 243 g/mol. The average Bonchev–Trinajstić information content (AvgIpc) is 1.86. The van der Waals surface area contributed by atoms with Gasteiger partial charge in [0.15, 0.2) is 0 Å². The zero-order valence-corrected chi connectivity index (χ0v) is 8.72. The molecule has 0 aromatic heterocycles. The number of hydrogen-bond donors (Lipinski definition) is 0. The van der Waals surface area contributed by atoms with Gasteiger partial charge in [0.05, 0.1) is 4.90 Å². The molecule has 0 amide bonds. The molecule has 1 aromatic rings. The van der Waals surface area contributed by atoms with E-state index in [4.69, 9.17) is 0 Å². The van der Waals surface area contributed by atoms with E-state index in [1.54, 1.807) is 0 Å². The fourth-order valence-electron chi connectivity index (χ4n) is 0.601. The second-order valence-electron chi connectivity index (χ2n) is 1.91. The Morgan fingerprint density at radius 2 is 1.58 bits per heavy atom. The molecule has 1 aromatic carbocycles. The van der Waals surface area contributed by atoms with Crippen LogP contribution in [-0.2, 0) is 10.1 Å². The second kappa shape index (κ2) is 4.45. The summed E-state index contributed by atoms with van der Waals surface area (Å²) in [6, 6.07) is 5.52. The van der Waals surface area contributed by atoms with Crippen LogP contribution in [0.3, 0.4) is 0 Å². The molecule has 0 spiro atoms. The summed E-state index contributed by atoms with van der Waals surface area (Å²) in [5.74, 6) is 0. The van der Waals surface area contributed by atoms with Gasteiger partial charge in [-0.1, -0.05) is 15.9 Å². The van der Waals surface area contributed by atoms with E-state index in [0.717, 1.165) is 4.47 Å². The first-order valence-electron chi connectivity index (χ1n) is 2.71. The Labute approximate surface area is 91.2 Å². The Bertz CT molecular complexity index is 346. The van der Waals surface area contributed by atoms with E-state index in [1.165, 1.54) is 24.3 Å².